The van der Waals surface area contributed by atoms with Crippen LogP contribution in [-0.4, -0.2) is 221 Å². The number of hydrogen-bond acceptors (Lipinski definition) is 30. The van der Waals surface area contributed by atoms with E-state index in [9.17, 15) is 38.4 Å². The topological polar surface area (TPSA) is 352 Å². The van der Waals surface area contributed by atoms with Gasteiger partial charge in [0, 0.05) is 62.5 Å². The zero-order chi connectivity index (χ0) is 80.8. The van der Waals surface area contributed by atoms with Gasteiger partial charge in [0.15, 0.2) is 74.2 Å². The summed E-state index contributed by atoms with van der Waals surface area (Å²) in [6.45, 7) is 12.8. The van der Waals surface area contributed by atoms with Gasteiger partial charge in [-0.15, -0.1) is 0 Å². The number of carbonyl (C=O) groups is 8. The Hall–Kier alpha value is -8.74. The van der Waals surface area contributed by atoms with E-state index in [2.05, 4.69) is 5.32 Å². The molecule has 10 rings (SSSR count). The Morgan fingerprint density at radius 2 is 0.628 bits per heavy atom. The lowest BCUT2D eigenvalue weighted by Gasteiger charge is -2.52. The van der Waals surface area contributed by atoms with Crippen molar-refractivity contribution in [3.05, 3.63) is 179 Å². The van der Waals surface area contributed by atoms with E-state index in [-0.39, 0.29) is 39.6 Å². The molecule has 113 heavy (non-hydrogen) atoms. The van der Waals surface area contributed by atoms with Crippen LogP contribution >= 0.6 is 0 Å². The first-order valence-electron chi connectivity index (χ1n) is 37.4. The van der Waals surface area contributed by atoms with E-state index in [1.54, 1.807) is 6.92 Å². The van der Waals surface area contributed by atoms with Crippen LogP contribution in [0.25, 0.3) is 0 Å². The molecule has 25 atom stereocenters. The van der Waals surface area contributed by atoms with Crippen LogP contribution in [0.3, 0.4) is 0 Å². The standard InChI is InChI=1S/C82H101NO30/c1-45-64(95-39-57-30-20-14-21-31-57)71(111-80-74(98-42-60-36-26-17-27-37-60)70(97-41-59-34-24-16-25-35-59)67(96-40-58-32-22-15-23-33-58)61(109-80)43-93-38-56-28-18-13-19-29-56)75(79(92-12)99-45)113-82-77(73(106-54(10)90)66(47(3)101-82)103-51(7)87)112-78-63(83-48(4)84)69(68(104-52(8)88)62(108-78)44-94-49(5)85)110-81-76(107-55(11)91)72(105-53(9)89)65(46(2)100-81)102-50(6)86/h13-37,45-47,61-82H,38-44H2,1-12H3,(H,83,84)/t45-,46-,47-,61+,62+,63+,64-,65-,66-,67+,68+,69+,70-,71+,72+,73+,74+,75+,76+,77+,78-,79+,80+,81-,82-/m0/s1. The minimum Gasteiger partial charge on any atom is -0.463 e. The predicted molar refractivity (Wildman–Crippen MR) is 391 cm³/mol. The molecule has 5 aliphatic heterocycles. The average molecular weight is 1580 g/mol. The molecule has 1 amide bonds. The van der Waals surface area contributed by atoms with Gasteiger partial charge in [-0.25, -0.2) is 0 Å². The van der Waals surface area contributed by atoms with Crippen LogP contribution in [0.1, 0.15) is 104 Å². The van der Waals surface area contributed by atoms with Gasteiger partial charge >= 0.3 is 41.8 Å². The number of amides is 1. The third kappa shape index (κ3) is 24.4. The maximum absolute atomic E-state index is 14.0. The monoisotopic (exact) mass is 1580 g/mol. The predicted octanol–water partition coefficient (Wildman–Crippen LogP) is 7.07. The van der Waals surface area contributed by atoms with Gasteiger partial charge in [0.25, 0.3) is 0 Å². The zero-order valence-electron chi connectivity index (χ0n) is 65.1. The van der Waals surface area contributed by atoms with Crippen LogP contribution in [0.2, 0.25) is 0 Å². The molecule has 1 N–H and O–H groups in total. The van der Waals surface area contributed by atoms with Gasteiger partial charge in [0.1, 0.15) is 67.6 Å². The summed E-state index contributed by atoms with van der Waals surface area (Å²) >= 11 is 0. The number of hydrogen-bond donors (Lipinski definition) is 1. The quantitative estimate of drug-likeness (QED) is 0.0317. The van der Waals surface area contributed by atoms with Crippen LogP contribution in [0.5, 0.6) is 0 Å². The Balaban J connectivity index is 1.12. The highest BCUT2D eigenvalue weighted by Crippen LogP contribution is 2.42. The molecule has 614 valence electrons. The van der Waals surface area contributed by atoms with Gasteiger partial charge in [-0.2, -0.15) is 0 Å². The highest BCUT2D eigenvalue weighted by atomic mass is 16.8. The molecule has 0 bridgehead atoms. The van der Waals surface area contributed by atoms with Crippen molar-refractivity contribution < 1.29 is 143 Å². The van der Waals surface area contributed by atoms with E-state index in [4.69, 9.17) is 104 Å². The Bertz CT molecular complexity index is 3850. The Morgan fingerprint density at radius 1 is 0.301 bits per heavy atom. The number of ether oxygens (including phenoxy) is 22. The molecule has 5 aromatic carbocycles. The molecule has 0 aliphatic carbocycles. The van der Waals surface area contributed by atoms with Crippen molar-refractivity contribution in [1.82, 2.24) is 5.32 Å². The van der Waals surface area contributed by atoms with Crippen molar-refractivity contribution in [3.63, 3.8) is 0 Å². The second kappa shape index (κ2) is 42.0. The summed E-state index contributed by atoms with van der Waals surface area (Å²) in [5, 5.41) is 2.76. The molecule has 5 heterocycles. The molecule has 0 radical (unpaired) electrons. The minimum absolute atomic E-state index is 0.00397. The average Bonchev–Trinajstić information content (AvgIpc) is 0.768. The molecule has 5 saturated heterocycles. The smallest absolute Gasteiger partial charge is 0.303 e. The molecule has 31 heteroatoms. The van der Waals surface area contributed by atoms with Crippen molar-refractivity contribution in [2.75, 3.05) is 20.3 Å². The van der Waals surface area contributed by atoms with E-state index in [1.807, 2.05) is 152 Å². The third-order valence-electron chi connectivity index (χ3n) is 19.0. The first kappa shape index (κ1) is 86.7. The lowest BCUT2D eigenvalue weighted by atomic mass is 9.94. The van der Waals surface area contributed by atoms with Crippen LogP contribution in [0, 0.1) is 0 Å². The summed E-state index contributed by atoms with van der Waals surface area (Å²) in [6.07, 6.45) is -36.0. The summed E-state index contributed by atoms with van der Waals surface area (Å²) in [5.74, 6) is -7.13. The van der Waals surface area contributed by atoms with Gasteiger partial charge < -0.3 is 110 Å². The van der Waals surface area contributed by atoms with Gasteiger partial charge in [-0.05, 0) is 48.6 Å². The molecule has 0 unspecified atom stereocenters. The third-order valence-corrected chi connectivity index (χ3v) is 19.0. The maximum atomic E-state index is 14.0. The van der Waals surface area contributed by atoms with Gasteiger partial charge in [0.2, 0.25) is 5.91 Å². The second-order valence-corrected chi connectivity index (χ2v) is 27.9. The van der Waals surface area contributed by atoms with Crippen molar-refractivity contribution in [2.45, 2.75) is 263 Å². The van der Waals surface area contributed by atoms with Gasteiger partial charge in [0.05, 0.1) is 58.0 Å². The molecule has 31 nitrogen and oxygen atoms in total. The number of carbonyl (C=O) groups excluding carboxylic acids is 8. The normalized spacial score (nSPS) is 31.6. The van der Waals surface area contributed by atoms with Crippen LogP contribution in [-0.2, 0) is 176 Å². The lowest BCUT2D eigenvalue weighted by molar-refractivity contribution is -0.405. The Morgan fingerprint density at radius 3 is 1.08 bits per heavy atom. The molecule has 0 aromatic heterocycles. The summed E-state index contributed by atoms with van der Waals surface area (Å²) in [5.41, 5.74) is 4.08. The fourth-order valence-electron chi connectivity index (χ4n) is 14.2. The fraction of sp³-hybridized carbons (Fsp3) is 0.537. The molecular formula is C82H101NO30. The largest absolute Gasteiger partial charge is 0.463 e. The molecule has 5 aliphatic rings. The first-order valence-corrected chi connectivity index (χ1v) is 37.4. The van der Waals surface area contributed by atoms with E-state index in [0.717, 1.165) is 83.2 Å². The van der Waals surface area contributed by atoms with E-state index >= 15 is 0 Å². The lowest BCUT2D eigenvalue weighted by Crippen LogP contribution is -2.71. The molecule has 0 saturated carbocycles. The second-order valence-electron chi connectivity index (χ2n) is 27.9. The molecule has 5 aromatic rings. The molecule has 5 fully saturated rings. The highest BCUT2D eigenvalue weighted by Gasteiger charge is 2.61. The Labute approximate surface area is 655 Å². The van der Waals surface area contributed by atoms with Crippen LogP contribution < -0.4 is 5.32 Å². The Kier molecular flexibility index (Phi) is 32.2. The zero-order valence-corrected chi connectivity index (χ0v) is 65.1. The number of benzene rings is 5. The minimum atomic E-state index is -2.02. The van der Waals surface area contributed by atoms with Crippen molar-refractivity contribution >= 4 is 47.7 Å². The summed E-state index contributed by atoms with van der Waals surface area (Å²) in [6, 6.07) is 45.7. The maximum Gasteiger partial charge on any atom is 0.303 e. The molecular weight excluding hydrogens is 1480 g/mol. The number of esters is 7. The van der Waals surface area contributed by atoms with Crippen LogP contribution in [0.4, 0.5) is 0 Å². The fourth-order valence-corrected chi connectivity index (χ4v) is 14.2. The molecule has 0 spiro atoms. The number of methoxy groups -OCH3 is 1. The van der Waals surface area contributed by atoms with Crippen molar-refractivity contribution in [3.8, 4) is 0 Å². The number of rotatable bonds is 34. The summed E-state index contributed by atoms with van der Waals surface area (Å²) < 4.78 is 145. The van der Waals surface area contributed by atoms with Crippen molar-refractivity contribution in [2.24, 2.45) is 0 Å². The van der Waals surface area contributed by atoms with E-state index in [0.29, 0.717) is 0 Å². The summed E-state index contributed by atoms with van der Waals surface area (Å²) in [7, 11) is 1.36. The number of nitrogens with one attached hydrogen (secondary N) is 1. The van der Waals surface area contributed by atoms with Crippen LogP contribution in [0.15, 0.2) is 152 Å². The van der Waals surface area contributed by atoms with Gasteiger partial charge in [-0.1, -0.05) is 152 Å². The van der Waals surface area contributed by atoms with E-state index in [1.165, 1.54) is 21.0 Å². The first-order chi connectivity index (χ1) is 54.3. The van der Waals surface area contributed by atoms with E-state index < -0.39 is 208 Å². The summed E-state index contributed by atoms with van der Waals surface area (Å²) in [4.78, 5) is 106. The van der Waals surface area contributed by atoms with Gasteiger partial charge in [-0.3, -0.25) is 38.4 Å². The van der Waals surface area contributed by atoms with Crippen molar-refractivity contribution in [1.29, 1.82) is 0 Å². The highest BCUT2D eigenvalue weighted by molar-refractivity contribution is 5.73. The SMILES string of the molecule is CO[C@@H]1O[C@@H](C)[C@H](OCc2ccccc2)[C@@H](O[C@H]2O[C@H](COCc3ccccc3)[C@@H](OCc3ccccc3)[C@H](OCc3ccccc3)[C@H]2OCc2ccccc2)[C@H]1O[C@@H]1O[C@@H](C)[C@H](OC(C)=O)[C@@H](OC(C)=O)[C@H]1O[C@@H]1O[C@H](COC(C)=O)[C@@H](OC(C)=O)[C@H](O[C@@H]2O[C@@H](C)[C@H](OC(C)=O)[C@@H](OC(C)=O)[C@H]2OC(C)=O)[C@H]1NC(C)=O.